The average molecular weight is 297 g/mol. The fourth-order valence-electron chi connectivity index (χ4n) is 4.34. The lowest BCUT2D eigenvalue weighted by atomic mass is 9.76. The molecule has 0 aliphatic heterocycles. The van der Waals surface area contributed by atoms with Gasteiger partial charge < -0.3 is 14.6 Å². The highest BCUT2D eigenvalue weighted by Crippen LogP contribution is 2.48. The second-order valence-electron chi connectivity index (χ2n) is 6.89. The number of hydrogen-bond donors (Lipinski definition) is 1. The van der Waals surface area contributed by atoms with Crippen molar-refractivity contribution in [3.8, 4) is 0 Å². The maximum absolute atomic E-state index is 6.26. The van der Waals surface area contributed by atoms with Crippen LogP contribution in [0.15, 0.2) is 21.0 Å². The zero-order valence-electron chi connectivity index (χ0n) is 13.6. The molecule has 0 unspecified atom stereocenters. The molecule has 22 heavy (non-hydrogen) atoms. The predicted octanol–water partition coefficient (Wildman–Crippen LogP) is 4.87. The van der Waals surface area contributed by atoms with Gasteiger partial charge in [-0.3, -0.25) is 0 Å². The SMILES string of the molecule is Cc1cc2c(C3(CN)CCCC3)c3oc(C)cc3c(C)c2o1. The Morgan fingerprint density at radius 1 is 0.955 bits per heavy atom. The minimum absolute atomic E-state index is 0.0325. The number of benzene rings is 1. The van der Waals surface area contributed by atoms with E-state index < -0.39 is 0 Å². The van der Waals surface area contributed by atoms with Gasteiger partial charge >= 0.3 is 0 Å². The summed E-state index contributed by atoms with van der Waals surface area (Å²) < 4.78 is 12.2. The first-order valence-electron chi connectivity index (χ1n) is 8.19. The van der Waals surface area contributed by atoms with Crippen LogP contribution in [0.4, 0.5) is 0 Å². The van der Waals surface area contributed by atoms with Crippen LogP contribution >= 0.6 is 0 Å². The molecule has 0 bridgehead atoms. The molecule has 0 atom stereocenters. The molecule has 2 aromatic heterocycles. The minimum Gasteiger partial charge on any atom is -0.461 e. The third kappa shape index (κ3) is 1.72. The van der Waals surface area contributed by atoms with Gasteiger partial charge in [-0.05, 0) is 45.7 Å². The van der Waals surface area contributed by atoms with Crippen molar-refractivity contribution >= 4 is 21.9 Å². The highest BCUT2D eigenvalue weighted by Gasteiger charge is 2.39. The molecule has 3 heteroatoms. The van der Waals surface area contributed by atoms with Crippen molar-refractivity contribution in [2.75, 3.05) is 6.54 Å². The number of aryl methyl sites for hydroxylation is 3. The zero-order valence-corrected chi connectivity index (χ0v) is 13.6. The summed E-state index contributed by atoms with van der Waals surface area (Å²) in [5, 5.41) is 2.37. The lowest BCUT2D eigenvalue weighted by Crippen LogP contribution is -2.32. The molecular weight excluding hydrogens is 274 g/mol. The van der Waals surface area contributed by atoms with E-state index in [0.29, 0.717) is 6.54 Å². The predicted molar refractivity (Wildman–Crippen MR) is 89.4 cm³/mol. The van der Waals surface area contributed by atoms with Crippen LogP contribution < -0.4 is 5.73 Å². The van der Waals surface area contributed by atoms with Crippen molar-refractivity contribution in [3.05, 3.63) is 34.8 Å². The van der Waals surface area contributed by atoms with Gasteiger partial charge in [0.1, 0.15) is 22.7 Å². The van der Waals surface area contributed by atoms with E-state index in [1.54, 1.807) is 0 Å². The Labute approximate surface area is 130 Å². The van der Waals surface area contributed by atoms with Crippen molar-refractivity contribution in [2.24, 2.45) is 5.73 Å². The second kappa shape index (κ2) is 4.63. The van der Waals surface area contributed by atoms with Crippen LogP contribution in [0.3, 0.4) is 0 Å². The van der Waals surface area contributed by atoms with Crippen molar-refractivity contribution < 1.29 is 8.83 Å². The third-order valence-corrected chi connectivity index (χ3v) is 5.43. The molecule has 1 aromatic carbocycles. The molecule has 3 nitrogen and oxygen atoms in total. The van der Waals surface area contributed by atoms with Gasteiger partial charge in [0, 0.05) is 33.9 Å². The second-order valence-corrected chi connectivity index (χ2v) is 6.89. The van der Waals surface area contributed by atoms with Crippen LogP contribution in [0.1, 0.15) is 48.3 Å². The van der Waals surface area contributed by atoms with Crippen molar-refractivity contribution in [2.45, 2.75) is 51.9 Å². The van der Waals surface area contributed by atoms with E-state index >= 15 is 0 Å². The molecule has 0 amide bonds. The molecule has 0 spiro atoms. The Morgan fingerprint density at radius 2 is 1.55 bits per heavy atom. The van der Waals surface area contributed by atoms with Crippen LogP contribution in [0, 0.1) is 20.8 Å². The highest BCUT2D eigenvalue weighted by atomic mass is 16.3. The van der Waals surface area contributed by atoms with Gasteiger partial charge in [0.25, 0.3) is 0 Å². The van der Waals surface area contributed by atoms with Gasteiger partial charge in [-0.25, -0.2) is 0 Å². The zero-order chi connectivity index (χ0) is 15.5. The summed E-state index contributed by atoms with van der Waals surface area (Å²) in [5.74, 6) is 1.91. The first-order valence-corrected chi connectivity index (χ1v) is 8.19. The van der Waals surface area contributed by atoms with Gasteiger partial charge in [0.15, 0.2) is 0 Å². The lowest BCUT2D eigenvalue weighted by Gasteiger charge is -2.29. The van der Waals surface area contributed by atoms with Crippen LogP contribution in [0.25, 0.3) is 21.9 Å². The van der Waals surface area contributed by atoms with Crippen molar-refractivity contribution in [1.29, 1.82) is 0 Å². The Hall–Kier alpha value is -1.74. The Morgan fingerprint density at radius 3 is 2.18 bits per heavy atom. The van der Waals surface area contributed by atoms with E-state index in [2.05, 4.69) is 19.1 Å². The van der Waals surface area contributed by atoms with Crippen LogP contribution in [0.5, 0.6) is 0 Å². The Kier molecular flexibility index (Phi) is 2.92. The molecule has 1 saturated carbocycles. The van der Waals surface area contributed by atoms with Crippen molar-refractivity contribution in [1.82, 2.24) is 0 Å². The number of hydrogen-bond acceptors (Lipinski definition) is 3. The maximum atomic E-state index is 6.26. The molecule has 0 radical (unpaired) electrons. The summed E-state index contributed by atoms with van der Waals surface area (Å²) in [7, 11) is 0. The topological polar surface area (TPSA) is 52.3 Å². The summed E-state index contributed by atoms with van der Waals surface area (Å²) in [6.45, 7) is 6.82. The van der Waals surface area contributed by atoms with Gasteiger partial charge in [0.05, 0.1) is 0 Å². The van der Waals surface area contributed by atoms with Crippen molar-refractivity contribution in [3.63, 3.8) is 0 Å². The lowest BCUT2D eigenvalue weighted by molar-refractivity contribution is 0.449. The Balaban J connectivity index is 2.19. The maximum Gasteiger partial charge on any atom is 0.139 e. The third-order valence-electron chi connectivity index (χ3n) is 5.43. The number of furan rings is 2. The normalized spacial score (nSPS) is 17.8. The molecule has 2 heterocycles. The summed E-state index contributed by atoms with van der Waals surface area (Å²) in [4.78, 5) is 0. The van der Waals surface area contributed by atoms with Crippen LogP contribution in [0.2, 0.25) is 0 Å². The van der Waals surface area contributed by atoms with Gasteiger partial charge in [-0.1, -0.05) is 12.8 Å². The molecule has 1 fully saturated rings. The van der Waals surface area contributed by atoms with Gasteiger partial charge in [0.2, 0.25) is 0 Å². The smallest absolute Gasteiger partial charge is 0.139 e. The molecule has 1 aliphatic rings. The largest absolute Gasteiger partial charge is 0.461 e. The quantitative estimate of drug-likeness (QED) is 0.733. The number of fused-ring (bicyclic) bond motifs is 2. The molecule has 0 saturated heterocycles. The molecule has 116 valence electrons. The van der Waals surface area contributed by atoms with E-state index in [0.717, 1.165) is 35.5 Å². The van der Waals surface area contributed by atoms with E-state index in [4.69, 9.17) is 14.6 Å². The summed E-state index contributed by atoms with van der Waals surface area (Å²) in [5.41, 5.74) is 10.8. The molecular formula is C19H23NO2. The first kappa shape index (κ1) is 13.9. The minimum atomic E-state index is 0.0325. The summed E-state index contributed by atoms with van der Waals surface area (Å²) >= 11 is 0. The van der Waals surface area contributed by atoms with Crippen LogP contribution in [-0.2, 0) is 5.41 Å². The fraction of sp³-hybridized carbons (Fsp3) is 0.474. The monoisotopic (exact) mass is 297 g/mol. The number of rotatable bonds is 2. The van der Waals surface area contributed by atoms with Gasteiger partial charge in [-0.15, -0.1) is 0 Å². The first-order chi connectivity index (χ1) is 10.6. The van der Waals surface area contributed by atoms with E-state index in [1.807, 2.05) is 13.8 Å². The molecule has 1 aliphatic carbocycles. The Bertz CT molecular complexity index is 805. The fourth-order valence-corrected chi connectivity index (χ4v) is 4.34. The molecule has 3 aromatic rings. The highest BCUT2D eigenvalue weighted by molar-refractivity contribution is 6.02. The van der Waals surface area contributed by atoms with Gasteiger partial charge in [-0.2, -0.15) is 0 Å². The van der Waals surface area contributed by atoms with E-state index in [-0.39, 0.29) is 5.41 Å². The van der Waals surface area contributed by atoms with E-state index in [1.165, 1.54) is 34.7 Å². The van der Waals surface area contributed by atoms with Crippen LogP contribution in [-0.4, -0.2) is 6.54 Å². The number of nitrogens with two attached hydrogens (primary N) is 1. The molecule has 2 N–H and O–H groups in total. The summed E-state index contributed by atoms with van der Waals surface area (Å²) in [6, 6.07) is 4.29. The van der Waals surface area contributed by atoms with E-state index in [9.17, 15) is 0 Å². The average Bonchev–Trinajstić information content (AvgIpc) is 3.18. The molecule has 4 rings (SSSR count). The summed E-state index contributed by atoms with van der Waals surface area (Å²) in [6.07, 6.45) is 4.76. The standard InChI is InChI=1S/C19H23NO2/c1-11-8-14-13(3)17-15(9-12(2)21-17)16(18(14)22-11)19(10-20)6-4-5-7-19/h8-9H,4-7,10,20H2,1-3H3.